The maximum absolute atomic E-state index is 11.7. The normalized spacial score (nSPS) is 16.7. The van der Waals surface area contributed by atoms with Crippen LogP contribution in [-0.2, 0) is 16.1 Å². The zero-order valence-electron chi connectivity index (χ0n) is 10.9. The molecule has 1 aromatic rings. The van der Waals surface area contributed by atoms with Crippen LogP contribution in [0.15, 0.2) is 6.33 Å². The van der Waals surface area contributed by atoms with Crippen LogP contribution < -0.4 is 11.1 Å². The molecular formula is C11H18N6O2. The molecule has 0 aliphatic carbocycles. The van der Waals surface area contributed by atoms with Crippen LogP contribution in [0, 0.1) is 0 Å². The van der Waals surface area contributed by atoms with Gasteiger partial charge in [-0.2, -0.15) is 0 Å². The van der Waals surface area contributed by atoms with Crippen molar-refractivity contribution in [3.8, 4) is 0 Å². The van der Waals surface area contributed by atoms with Gasteiger partial charge in [0.15, 0.2) is 0 Å². The van der Waals surface area contributed by atoms with Gasteiger partial charge in [0, 0.05) is 25.6 Å². The van der Waals surface area contributed by atoms with E-state index in [4.69, 9.17) is 5.73 Å². The van der Waals surface area contributed by atoms with E-state index in [0.29, 0.717) is 13.0 Å². The maximum atomic E-state index is 11.7. The summed E-state index contributed by atoms with van der Waals surface area (Å²) in [5.41, 5.74) is 5.36. The van der Waals surface area contributed by atoms with Gasteiger partial charge in [-0.1, -0.05) is 0 Å². The Bertz CT molecular complexity index is 472. The van der Waals surface area contributed by atoms with Gasteiger partial charge in [0.25, 0.3) is 0 Å². The van der Waals surface area contributed by atoms with E-state index in [1.165, 1.54) is 11.0 Å². The lowest BCUT2D eigenvalue weighted by molar-refractivity contribution is -0.129. The molecule has 0 radical (unpaired) electrons. The lowest BCUT2D eigenvalue weighted by atomic mass is 10.3. The second kappa shape index (κ2) is 5.68. The number of anilines is 1. The Labute approximate surface area is 111 Å². The van der Waals surface area contributed by atoms with Crippen LogP contribution in [0.3, 0.4) is 0 Å². The zero-order valence-corrected chi connectivity index (χ0v) is 10.9. The number of nitrogens with zero attached hydrogens (tertiary/aromatic N) is 4. The van der Waals surface area contributed by atoms with Gasteiger partial charge in [0.1, 0.15) is 12.9 Å². The molecule has 8 nitrogen and oxygen atoms in total. The summed E-state index contributed by atoms with van der Waals surface area (Å²) in [6.07, 6.45) is 2.92. The fourth-order valence-corrected chi connectivity index (χ4v) is 2.13. The van der Waals surface area contributed by atoms with Gasteiger partial charge in [0.05, 0.1) is 0 Å². The summed E-state index contributed by atoms with van der Waals surface area (Å²) in [6.45, 7) is 3.27. The Morgan fingerprint density at radius 2 is 2.42 bits per heavy atom. The number of likely N-dealkylation sites (tertiary alicyclic amines) is 1. The van der Waals surface area contributed by atoms with E-state index < -0.39 is 0 Å². The van der Waals surface area contributed by atoms with Gasteiger partial charge >= 0.3 is 0 Å². The van der Waals surface area contributed by atoms with E-state index in [9.17, 15) is 9.59 Å². The number of aromatic nitrogens is 3. The van der Waals surface area contributed by atoms with Crippen molar-refractivity contribution in [2.45, 2.75) is 32.4 Å². The van der Waals surface area contributed by atoms with E-state index in [-0.39, 0.29) is 30.3 Å². The SMILES string of the molecule is CC(CN1CCCC1=O)NC(=O)Cn1cnc(N)n1. The molecule has 8 heteroatoms. The molecule has 2 rings (SSSR count). The summed E-state index contributed by atoms with van der Waals surface area (Å²) in [6, 6.07) is -0.0876. The molecule has 104 valence electrons. The molecule has 2 heterocycles. The quantitative estimate of drug-likeness (QED) is 0.710. The molecule has 2 amide bonds. The fraction of sp³-hybridized carbons (Fsp3) is 0.636. The summed E-state index contributed by atoms with van der Waals surface area (Å²) < 4.78 is 1.37. The first-order chi connectivity index (χ1) is 9.04. The standard InChI is InChI=1S/C11H18N6O2/c1-8(5-16-4-2-3-10(16)19)14-9(18)6-17-7-13-11(12)15-17/h7-8H,2-6H2,1H3,(H2,12,15)(H,14,18). The fourth-order valence-electron chi connectivity index (χ4n) is 2.13. The number of hydrogen-bond acceptors (Lipinski definition) is 5. The number of nitrogen functional groups attached to an aromatic ring is 1. The Morgan fingerprint density at radius 3 is 3.00 bits per heavy atom. The van der Waals surface area contributed by atoms with Crippen molar-refractivity contribution < 1.29 is 9.59 Å². The average molecular weight is 266 g/mol. The van der Waals surface area contributed by atoms with Crippen LogP contribution in [0.4, 0.5) is 5.95 Å². The molecule has 3 N–H and O–H groups in total. The monoisotopic (exact) mass is 266 g/mol. The molecule has 1 aliphatic heterocycles. The van der Waals surface area contributed by atoms with Crippen molar-refractivity contribution in [1.29, 1.82) is 0 Å². The molecule has 1 atom stereocenters. The number of rotatable bonds is 5. The number of carbonyl (C=O) groups excluding carboxylic acids is 2. The van der Waals surface area contributed by atoms with Crippen LogP contribution in [0.25, 0.3) is 0 Å². The highest BCUT2D eigenvalue weighted by Crippen LogP contribution is 2.09. The Hall–Kier alpha value is -2.12. The summed E-state index contributed by atoms with van der Waals surface area (Å²) in [5.74, 6) is 0.123. The predicted octanol–water partition coefficient (Wildman–Crippen LogP) is -1.01. The van der Waals surface area contributed by atoms with E-state index >= 15 is 0 Å². The van der Waals surface area contributed by atoms with Crippen molar-refractivity contribution in [3.05, 3.63) is 6.33 Å². The predicted molar refractivity (Wildman–Crippen MR) is 67.9 cm³/mol. The van der Waals surface area contributed by atoms with Gasteiger partial charge in [0.2, 0.25) is 17.8 Å². The van der Waals surface area contributed by atoms with Crippen LogP contribution >= 0.6 is 0 Å². The van der Waals surface area contributed by atoms with Gasteiger partial charge < -0.3 is 16.0 Å². The molecule has 1 fully saturated rings. The molecule has 0 spiro atoms. The molecule has 1 aromatic heterocycles. The first-order valence-corrected chi connectivity index (χ1v) is 6.26. The van der Waals surface area contributed by atoms with E-state index in [2.05, 4.69) is 15.4 Å². The van der Waals surface area contributed by atoms with Gasteiger partial charge in [-0.3, -0.25) is 9.59 Å². The molecular weight excluding hydrogens is 248 g/mol. The lowest BCUT2D eigenvalue weighted by Crippen LogP contribution is -2.43. The minimum atomic E-state index is -0.177. The third-order valence-electron chi connectivity index (χ3n) is 2.93. The third kappa shape index (κ3) is 3.67. The summed E-state index contributed by atoms with van der Waals surface area (Å²) in [5, 5.41) is 6.65. The maximum Gasteiger partial charge on any atom is 0.242 e. The van der Waals surface area contributed by atoms with Crippen molar-refractivity contribution in [3.63, 3.8) is 0 Å². The molecule has 0 bridgehead atoms. The number of nitrogens with one attached hydrogen (secondary N) is 1. The smallest absolute Gasteiger partial charge is 0.242 e. The summed E-state index contributed by atoms with van der Waals surface area (Å²) >= 11 is 0. The minimum absolute atomic E-state index is 0.0719. The van der Waals surface area contributed by atoms with Crippen LogP contribution in [0.1, 0.15) is 19.8 Å². The van der Waals surface area contributed by atoms with E-state index in [1.807, 2.05) is 6.92 Å². The largest absolute Gasteiger partial charge is 0.367 e. The van der Waals surface area contributed by atoms with Crippen LogP contribution in [-0.4, -0.2) is 50.6 Å². The summed E-state index contributed by atoms with van der Waals surface area (Å²) in [4.78, 5) is 28.7. The number of hydrogen-bond donors (Lipinski definition) is 2. The third-order valence-corrected chi connectivity index (χ3v) is 2.93. The number of amides is 2. The topological polar surface area (TPSA) is 106 Å². The molecule has 1 unspecified atom stereocenters. The molecule has 1 saturated heterocycles. The average Bonchev–Trinajstić information content (AvgIpc) is 2.89. The van der Waals surface area contributed by atoms with Gasteiger partial charge in [-0.25, -0.2) is 9.67 Å². The second-order valence-corrected chi connectivity index (χ2v) is 4.71. The Balaban J connectivity index is 1.76. The van der Waals surface area contributed by atoms with Crippen molar-refractivity contribution >= 4 is 17.8 Å². The minimum Gasteiger partial charge on any atom is -0.367 e. The summed E-state index contributed by atoms with van der Waals surface area (Å²) in [7, 11) is 0. The van der Waals surface area contributed by atoms with E-state index in [0.717, 1.165) is 13.0 Å². The van der Waals surface area contributed by atoms with Crippen molar-refractivity contribution in [2.75, 3.05) is 18.8 Å². The van der Waals surface area contributed by atoms with Gasteiger partial charge in [-0.15, -0.1) is 5.10 Å². The highest BCUT2D eigenvalue weighted by molar-refractivity contribution is 5.78. The lowest BCUT2D eigenvalue weighted by Gasteiger charge is -2.21. The highest BCUT2D eigenvalue weighted by atomic mass is 16.2. The molecule has 0 saturated carbocycles. The number of nitrogens with two attached hydrogens (primary N) is 1. The van der Waals surface area contributed by atoms with Crippen LogP contribution in [0.5, 0.6) is 0 Å². The first kappa shape index (κ1) is 13.3. The number of carbonyl (C=O) groups is 2. The Morgan fingerprint density at radius 1 is 1.63 bits per heavy atom. The van der Waals surface area contributed by atoms with Crippen molar-refractivity contribution in [2.24, 2.45) is 0 Å². The molecule has 1 aliphatic rings. The van der Waals surface area contributed by atoms with Gasteiger partial charge in [-0.05, 0) is 13.3 Å². The molecule has 0 aromatic carbocycles. The highest BCUT2D eigenvalue weighted by Gasteiger charge is 2.22. The molecule has 19 heavy (non-hydrogen) atoms. The van der Waals surface area contributed by atoms with Crippen molar-refractivity contribution in [1.82, 2.24) is 25.0 Å². The second-order valence-electron chi connectivity index (χ2n) is 4.71. The van der Waals surface area contributed by atoms with Crippen LogP contribution in [0.2, 0.25) is 0 Å². The zero-order chi connectivity index (χ0) is 13.8. The van der Waals surface area contributed by atoms with E-state index in [1.54, 1.807) is 4.90 Å². The Kier molecular flexibility index (Phi) is 3.98. The first-order valence-electron chi connectivity index (χ1n) is 6.26.